The molecule has 0 bridgehead atoms. The van der Waals surface area contributed by atoms with Gasteiger partial charge in [0.25, 0.3) is 0 Å². The van der Waals surface area contributed by atoms with Crippen LogP contribution in [0.5, 0.6) is 0 Å². The SMILES string of the molecule is CCC(OCc1ccccc1)C(OCc1ccccc1)C(CO[C@@H]1O[C@H](CC)[C@H](OP(=O)(OCc2ccccc2)OCC(OCc2ccccc2)C(OCc2ccccc2)C(CO[C@@H]2O[C@H](CC)[C@H](C)C2F)OCc2ccccc2)C1F)OCc1ccccc1. The van der Waals surface area contributed by atoms with Crippen molar-refractivity contribution in [2.24, 2.45) is 5.92 Å². The van der Waals surface area contributed by atoms with Crippen molar-refractivity contribution in [3.63, 3.8) is 0 Å². The average molecular weight is 1260 g/mol. The number of rotatable bonds is 39. The summed E-state index contributed by atoms with van der Waals surface area (Å²) in [6, 6.07) is 67.2. The second-order valence-corrected chi connectivity index (χ2v) is 24.3. The Morgan fingerprint density at radius 2 is 0.700 bits per heavy atom. The molecule has 15 atom stereocenters. The van der Waals surface area contributed by atoms with Gasteiger partial charge in [-0.3, -0.25) is 13.6 Å². The van der Waals surface area contributed by atoms with Crippen molar-refractivity contribution in [2.75, 3.05) is 19.8 Å². The van der Waals surface area contributed by atoms with Crippen LogP contribution in [-0.2, 0) is 112 Å². The van der Waals surface area contributed by atoms with E-state index in [-0.39, 0.29) is 65.4 Å². The molecular formula is C73H87F2O14P. The van der Waals surface area contributed by atoms with Crippen LogP contribution >= 0.6 is 7.82 Å². The van der Waals surface area contributed by atoms with E-state index in [1.165, 1.54) is 0 Å². The zero-order valence-electron chi connectivity index (χ0n) is 51.9. The molecule has 482 valence electrons. The fourth-order valence-electron chi connectivity index (χ4n) is 10.9. The largest absolute Gasteiger partial charge is 0.475 e. The van der Waals surface area contributed by atoms with Gasteiger partial charge in [-0.15, -0.1) is 0 Å². The molecule has 0 spiro atoms. The third kappa shape index (κ3) is 20.8. The summed E-state index contributed by atoms with van der Waals surface area (Å²) < 4.78 is 135. The molecule has 2 fully saturated rings. The number of ether oxygens (including phenoxy) is 10. The van der Waals surface area contributed by atoms with Crippen LogP contribution < -0.4 is 0 Å². The molecule has 17 heteroatoms. The number of phosphoric ester groups is 1. The molecule has 0 saturated carbocycles. The van der Waals surface area contributed by atoms with E-state index < -0.39 is 94.1 Å². The quantitative estimate of drug-likeness (QED) is 0.0338. The van der Waals surface area contributed by atoms with Gasteiger partial charge in [-0.1, -0.05) is 240 Å². The van der Waals surface area contributed by atoms with Gasteiger partial charge in [-0.25, -0.2) is 13.3 Å². The van der Waals surface area contributed by atoms with E-state index in [1.807, 2.05) is 228 Å². The van der Waals surface area contributed by atoms with E-state index in [0.29, 0.717) is 25.0 Å². The van der Waals surface area contributed by atoms with Crippen molar-refractivity contribution in [1.82, 2.24) is 0 Å². The van der Waals surface area contributed by atoms with E-state index in [0.717, 1.165) is 33.4 Å². The van der Waals surface area contributed by atoms with Gasteiger partial charge in [0.15, 0.2) is 24.9 Å². The summed E-state index contributed by atoms with van der Waals surface area (Å²) in [6.07, 6.45) is -12.8. The second kappa shape index (κ2) is 36.4. The molecule has 7 aromatic rings. The first-order valence-electron chi connectivity index (χ1n) is 31.4. The number of halogens is 2. The minimum absolute atomic E-state index is 0.0443. The molecule has 0 aliphatic carbocycles. The molecule has 14 nitrogen and oxygen atoms in total. The maximum atomic E-state index is 17.7. The molecule has 2 heterocycles. The highest BCUT2D eigenvalue weighted by Crippen LogP contribution is 2.54. The lowest BCUT2D eigenvalue weighted by molar-refractivity contribution is -0.209. The zero-order valence-corrected chi connectivity index (χ0v) is 52.8. The van der Waals surface area contributed by atoms with Gasteiger partial charge in [0.05, 0.1) is 84.4 Å². The highest BCUT2D eigenvalue weighted by Gasteiger charge is 2.51. The van der Waals surface area contributed by atoms with E-state index in [4.69, 9.17) is 60.9 Å². The first kappa shape index (κ1) is 68.5. The first-order valence-corrected chi connectivity index (χ1v) is 32.9. The van der Waals surface area contributed by atoms with Crippen molar-refractivity contribution in [3.05, 3.63) is 251 Å². The summed E-state index contributed by atoms with van der Waals surface area (Å²) in [5.41, 5.74) is 5.99. The number of phosphoric acid groups is 1. The molecule has 9 unspecified atom stereocenters. The third-order valence-electron chi connectivity index (χ3n) is 16.1. The number of hydrogen-bond acceptors (Lipinski definition) is 14. The van der Waals surface area contributed by atoms with E-state index >= 15 is 13.3 Å². The monoisotopic (exact) mass is 1260 g/mol. The van der Waals surface area contributed by atoms with E-state index in [2.05, 4.69) is 0 Å². The molecule has 0 radical (unpaired) electrons. The van der Waals surface area contributed by atoms with Gasteiger partial charge in [0.2, 0.25) is 0 Å². The standard InChI is InChI=1S/C73H87F2O14P/c1-5-61-53(4)67(74)72(87-61)83-51-65(79-45-56-33-19-10-20-34-56)70(82-48-59-39-25-13-26-40-59)66(80-46-57-35-21-11-22-36-57)52-86-90(76,85-49-60-41-27-14-28-42-60)89-71-63(7-3)88-73(68(71)75)84-50-64(78-44-55-31-17-9-18-32-55)69(81-47-58-37-23-12-24-38-58)62(6-2)77-43-54-29-15-8-16-30-54/h8-42,53,61-73H,5-7,43-52H2,1-4H3/t53-,61+,62?,63+,64?,65?,66?,67?,68?,69?,70?,71-,72+,73+,90?/m0/s1. The molecule has 2 aliphatic heterocycles. The van der Waals surface area contributed by atoms with Crippen molar-refractivity contribution in [2.45, 2.75) is 173 Å². The molecular weight excluding hydrogens is 1170 g/mol. The van der Waals surface area contributed by atoms with Gasteiger partial charge < -0.3 is 47.4 Å². The maximum absolute atomic E-state index is 17.7. The number of alkyl halides is 2. The highest BCUT2D eigenvalue weighted by atomic mass is 31.2. The van der Waals surface area contributed by atoms with Gasteiger partial charge >= 0.3 is 7.82 Å². The lowest BCUT2D eigenvalue weighted by Gasteiger charge is -2.35. The van der Waals surface area contributed by atoms with Crippen LogP contribution in [0, 0.1) is 5.92 Å². The van der Waals surface area contributed by atoms with Gasteiger partial charge in [-0.2, -0.15) is 0 Å². The molecule has 0 N–H and O–H groups in total. The summed E-state index contributed by atoms with van der Waals surface area (Å²) >= 11 is 0. The Balaban J connectivity index is 1.00. The van der Waals surface area contributed by atoms with Gasteiger partial charge in [-0.05, 0) is 58.2 Å². The Labute approximate surface area is 529 Å². The first-order chi connectivity index (χ1) is 44.1. The van der Waals surface area contributed by atoms with Crippen LogP contribution in [0.15, 0.2) is 212 Å². The molecule has 2 saturated heterocycles. The second-order valence-electron chi connectivity index (χ2n) is 22.7. The van der Waals surface area contributed by atoms with E-state index in [9.17, 15) is 0 Å². The van der Waals surface area contributed by atoms with Crippen LogP contribution in [-0.4, -0.2) is 99.7 Å². The predicted octanol–water partition coefficient (Wildman–Crippen LogP) is 15.3. The topological polar surface area (TPSA) is 137 Å². The third-order valence-corrected chi connectivity index (χ3v) is 17.5. The smallest absolute Gasteiger partial charge is 0.371 e. The Morgan fingerprint density at radius 3 is 1.06 bits per heavy atom. The minimum Gasteiger partial charge on any atom is -0.371 e. The van der Waals surface area contributed by atoms with Gasteiger partial charge in [0, 0.05) is 5.92 Å². The highest BCUT2D eigenvalue weighted by molar-refractivity contribution is 7.48. The maximum Gasteiger partial charge on any atom is 0.475 e. The van der Waals surface area contributed by atoms with Crippen LogP contribution in [0.25, 0.3) is 0 Å². The Bertz CT molecular complexity index is 3100. The molecule has 2 aliphatic rings. The zero-order chi connectivity index (χ0) is 62.8. The van der Waals surface area contributed by atoms with Crippen LogP contribution in [0.1, 0.15) is 85.9 Å². The predicted molar refractivity (Wildman–Crippen MR) is 339 cm³/mol. The summed E-state index contributed by atoms with van der Waals surface area (Å²) in [7, 11) is -4.87. The number of hydrogen-bond donors (Lipinski definition) is 0. The molecule has 0 aromatic heterocycles. The summed E-state index contributed by atoms with van der Waals surface area (Å²) in [6.45, 7) is 7.43. The fourth-order valence-corrected chi connectivity index (χ4v) is 12.3. The van der Waals surface area contributed by atoms with E-state index in [1.54, 1.807) is 12.1 Å². The molecule has 0 amide bonds. The fraction of sp³-hybridized carbons (Fsp3) is 0.425. The normalized spacial score (nSPS) is 22.7. The Morgan fingerprint density at radius 1 is 0.389 bits per heavy atom. The lowest BCUT2D eigenvalue weighted by atomic mass is 10.0. The van der Waals surface area contributed by atoms with Crippen LogP contribution in [0.3, 0.4) is 0 Å². The number of benzene rings is 7. The van der Waals surface area contributed by atoms with Crippen molar-refractivity contribution in [3.8, 4) is 0 Å². The van der Waals surface area contributed by atoms with Crippen LogP contribution in [0.4, 0.5) is 8.78 Å². The van der Waals surface area contributed by atoms with Crippen molar-refractivity contribution >= 4 is 7.82 Å². The minimum atomic E-state index is -4.87. The summed E-state index contributed by atoms with van der Waals surface area (Å²) in [4.78, 5) is 0. The van der Waals surface area contributed by atoms with Crippen LogP contribution in [0.2, 0.25) is 0 Å². The summed E-state index contributed by atoms with van der Waals surface area (Å²) in [5.74, 6) is -0.408. The Kier molecular flexibility index (Phi) is 27.7. The molecule has 9 rings (SSSR count). The Hall–Kier alpha value is -5.89. The lowest BCUT2D eigenvalue weighted by Crippen LogP contribution is -2.48. The molecule has 7 aromatic carbocycles. The van der Waals surface area contributed by atoms with Crippen molar-refractivity contribution < 1.29 is 74.3 Å². The average Bonchev–Trinajstić information content (AvgIpc) is 2.66. The van der Waals surface area contributed by atoms with Gasteiger partial charge in [0.1, 0.15) is 36.6 Å². The summed E-state index contributed by atoms with van der Waals surface area (Å²) in [5, 5.41) is 0. The van der Waals surface area contributed by atoms with Crippen molar-refractivity contribution in [1.29, 1.82) is 0 Å². The molecule has 90 heavy (non-hydrogen) atoms.